The Bertz CT molecular complexity index is 862. The fraction of sp³-hybridized carbons (Fsp3) is 0.421. The molecule has 0 saturated carbocycles. The molecule has 4 N–H and O–H groups in total. The van der Waals surface area contributed by atoms with Crippen LogP contribution >= 0.6 is 11.3 Å². The molecule has 26 heavy (non-hydrogen) atoms. The minimum atomic E-state index is -0.361. The van der Waals surface area contributed by atoms with Crippen LogP contribution in [0.5, 0.6) is 11.5 Å². The highest BCUT2D eigenvalue weighted by Gasteiger charge is 2.35. The lowest BCUT2D eigenvalue weighted by molar-refractivity contribution is -0.936. The van der Waals surface area contributed by atoms with Crippen molar-refractivity contribution in [2.24, 2.45) is 0 Å². The van der Waals surface area contributed by atoms with Crippen molar-refractivity contribution < 1.29 is 19.5 Å². The van der Waals surface area contributed by atoms with Gasteiger partial charge in [0.05, 0.1) is 30.1 Å². The molecule has 4 rings (SSSR count). The van der Waals surface area contributed by atoms with Crippen molar-refractivity contribution in [3.63, 3.8) is 0 Å². The molecule has 0 saturated heterocycles. The standard InChI is InChI=1S/C19H23N3O3S/c1-10(2)22-7-6-12-15(9-22)26-19-16(12)18(24)20-17(21-19)11-4-5-14(25-3)13(23)8-11/h4-5,8,10,17,21,23H,6-7,9H2,1-3H3,(H,20,24)/p+1/t17-/m1/s1. The van der Waals surface area contributed by atoms with E-state index in [4.69, 9.17) is 4.74 Å². The van der Waals surface area contributed by atoms with Crippen molar-refractivity contribution in [2.45, 2.75) is 39.0 Å². The number of rotatable bonds is 3. The molecular formula is C19H24N3O3S+. The third kappa shape index (κ3) is 2.81. The first-order valence-electron chi connectivity index (χ1n) is 8.91. The number of aromatic hydroxyl groups is 1. The van der Waals surface area contributed by atoms with Crippen LogP contribution in [0.15, 0.2) is 18.2 Å². The van der Waals surface area contributed by atoms with Crippen LogP contribution in [-0.4, -0.2) is 30.7 Å². The first kappa shape index (κ1) is 17.2. The van der Waals surface area contributed by atoms with Crippen LogP contribution in [0.1, 0.15) is 46.4 Å². The van der Waals surface area contributed by atoms with Crippen LogP contribution in [0.4, 0.5) is 5.00 Å². The zero-order valence-corrected chi connectivity index (χ0v) is 16.0. The molecule has 0 fully saturated rings. The Hall–Kier alpha value is -2.25. The van der Waals surface area contributed by atoms with Crippen LogP contribution < -0.4 is 20.3 Å². The molecule has 1 unspecified atom stereocenters. The SMILES string of the molecule is COc1ccc([C@@H]2NC(=O)c3c(sc4c3CC[NH+](C(C)C)C4)N2)cc1O. The smallest absolute Gasteiger partial charge is 0.256 e. The van der Waals surface area contributed by atoms with Crippen molar-refractivity contribution in [3.8, 4) is 11.5 Å². The number of benzene rings is 1. The molecule has 0 aliphatic carbocycles. The molecule has 6 nitrogen and oxygen atoms in total. The predicted molar refractivity (Wildman–Crippen MR) is 101 cm³/mol. The van der Waals surface area contributed by atoms with Gasteiger partial charge in [-0.2, -0.15) is 0 Å². The van der Waals surface area contributed by atoms with E-state index in [-0.39, 0.29) is 17.8 Å². The van der Waals surface area contributed by atoms with Crippen LogP contribution in [0.3, 0.4) is 0 Å². The number of anilines is 1. The molecule has 7 heteroatoms. The lowest BCUT2D eigenvalue weighted by atomic mass is 9.99. The molecule has 1 amide bonds. The zero-order chi connectivity index (χ0) is 18.4. The molecule has 2 aliphatic rings. The number of hydrogen-bond acceptors (Lipinski definition) is 5. The summed E-state index contributed by atoms with van der Waals surface area (Å²) in [6.07, 6.45) is 0.582. The zero-order valence-electron chi connectivity index (χ0n) is 15.2. The van der Waals surface area contributed by atoms with Crippen molar-refractivity contribution in [1.82, 2.24) is 5.32 Å². The number of ether oxygens (including phenoxy) is 1. The summed E-state index contributed by atoms with van der Waals surface area (Å²) < 4.78 is 5.09. The first-order chi connectivity index (χ1) is 12.5. The van der Waals surface area contributed by atoms with E-state index in [9.17, 15) is 9.90 Å². The summed E-state index contributed by atoms with van der Waals surface area (Å²) in [6.45, 7) is 6.53. The monoisotopic (exact) mass is 374 g/mol. The summed E-state index contributed by atoms with van der Waals surface area (Å²) in [6, 6.07) is 5.76. The van der Waals surface area contributed by atoms with Crippen LogP contribution in [0.2, 0.25) is 0 Å². The summed E-state index contributed by atoms with van der Waals surface area (Å²) in [5, 5.41) is 17.4. The Kier molecular flexibility index (Phi) is 4.28. The first-order valence-corrected chi connectivity index (χ1v) is 9.73. The Morgan fingerprint density at radius 3 is 2.85 bits per heavy atom. The number of hydrogen-bond donors (Lipinski definition) is 4. The maximum absolute atomic E-state index is 12.8. The number of phenols is 1. The van der Waals surface area contributed by atoms with Crippen molar-refractivity contribution in [3.05, 3.63) is 39.8 Å². The van der Waals surface area contributed by atoms with Gasteiger partial charge < -0.3 is 25.4 Å². The topological polar surface area (TPSA) is 75.0 Å². The van der Waals surface area contributed by atoms with Crippen molar-refractivity contribution in [1.29, 1.82) is 0 Å². The molecule has 2 aliphatic heterocycles. The van der Waals surface area contributed by atoms with Gasteiger partial charge in [0.25, 0.3) is 5.91 Å². The molecule has 138 valence electrons. The number of fused-ring (bicyclic) bond motifs is 3. The quantitative estimate of drug-likeness (QED) is 0.659. The third-order valence-corrected chi connectivity index (χ3v) is 6.47. The highest BCUT2D eigenvalue weighted by molar-refractivity contribution is 7.16. The number of carbonyl (C=O) groups is 1. The van der Waals surface area contributed by atoms with Crippen molar-refractivity contribution >= 4 is 22.2 Å². The van der Waals surface area contributed by atoms with Crippen LogP contribution in [0, 0.1) is 0 Å². The second kappa shape index (κ2) is 6.48. The van der Waals surface area contributed by atoms with Gasteiger partial charge in [0.2, 0.25) is 0 Å². The number of nitrogens with one attached hydrogen (secondary N) is 3. The normalized spacial score (nSPS) is 21.6. The number of phenolic OH excluding ortho intramolecular Hbond substituents is 1. The van der Waals surface area contributed by atoms with E-state index >= 15 is 0 Å². The number of quaternary nitrogens is 1. The van der Waals surface area contributed by atoms with E-state index in [1.54, 1.807) is 28.4 Å². The molecule has 2 atom stereocenters. The van der Waals surface area contributed by atoms with Crippen LogP contribution in [0.25, 0.3) is 0 Å². The van der Waals surface area contributed by atoms with Gasteiger partial charge >= 0.3 is 0 Å². The van der Waals surface area contributed by atoms with Gasteiger partial charge in [0, 0.05) is 6.42 Å². The van der Waals surface area contributed by atoms with E-state index in [0.717, 1.165) is 35.6 Å². The average Bonchev–Trinajstić information content (AvgIpc) is 2.99. The molecular weight excluding hydrogens is 350 g/mol. The second-order valence-corrected chi connectivity index (χ2v) is 8.28. The molecule has 0 bridgehead atoms. The van der Waals surface area contributed by atoms with E-state index in [2.05, 4.69) is 24.5 Å². The fourth-order valence-corrected chi connectivity index (χ4v) is 5.08. The van der Waals surface area contributed by atoms with Crippen molar-refractivity contribution in [2.75, 3.05) is 19.0 Å². The van der Waals surface area contributed by atoms with Gasteiger partial charge in [-0.05, 0) is 37.1 Å². The number of carbonyl (C=O) groups excluding carboxylic acids is 1. The van der Waals surface area contributed by atoms with E-state index in [1.807, 2.05) is 6.07 Å². The fourth-order valence-electron chi connectivity index (χ4n) is 3.76. The summed E-state index contributed by atoms with van der Waals surface area (Å²) in [5.41, 5.74) is 2.81. The summed E-state index contributed by atoms with van der Waals surface area (Å²) in [5.74, 6) is 0.443. The van der Waals surface area contributed by atoms with E-state index in [0.29, 0.717) is 11.8 Å². The summed E-state index contributed by atoms with van der Waals surface area (Å²) in [7, 11) is 1.51. The highest BCUT2D eigenvalue weighted by Crippen LogP contribution is 2.40. The highest BCUT2D eigenvalue weighted by atomic mass is 32.1. The number of amides is 1. The lowest BCUT2D eigenvalue weighted by Crippen LogP contribution is -3.14. The van der Waals surface area contributed by atoms with Gasteiger partial charge in [-0.1, -0.05) is 6.07 Å². The Morgan fingerprint density at radius 1 is 1.35 bits per heavy atom. The minimum Gasteiger partial charge on any atom is -0.504 e. The lowest BCUT2D eigenvalue weighted by Gasteiger charge is -2.28. The van der Waals surface area contributed by atoms with Gasteiger partial charge in [-0.25, -0.2) is 0 Å². The summed E-state index contributed by atoms with van der Waals surface area (Å²) in [4.78, 5) is 15.7. The van der Waals surface area contributed by atoms with E-state index in [1.165, 1.54) is 17.6 Å². The Balaban J connectivity index is 1.63. The minimum absolute atomic E-state index is 0.0374. The Morgan fingerprint density at radius 2 is 2.15 bits per heavy atom. The largest absolute Gasteiger partial charge is 0.504 e. The maximum atomic E-state index is 12.8. The molecule has 1 aromatic heterocycles. The molecule has 3 heterocycles. The second-order valence-electron chi connectivity index (χ2n) is 7.18. The van der Waals surface area contributed by atoms with Gasteiger partial charge in [0.1, 0.15) is 17.7 Å². The van der Waals surface area contributed by atoms with Gasteiger partial charge in [0.15, 0.2) is 11.5 Å². The molecule has 1 aromatic carbocycles. The Labute approximate surface area is 156 Å². The summed E-state index contributed by atoms with van der Waals surface area (Å²) >= 11 is 1.69. The third-order valence-electron chi connectivity index (χ3n) is 5.31. The molecule has 0 spiro atoms. The molecule has 2 aromatic rings. The number of thiophene rings is 1. The van der Waals surface area contributed by atoms with E-state index < -0.39 is 0 Å². The maximum Gasteiger partial charge on any atom is 0.256 e. The number of methoxy groups -OCH3 is 1. The predicted octanol–water partition coefficient (Wildman–Crippen LogP) is 1.67. The van der Waals surface area contributed by atoms with Crippen LogP contribution in [-0.2, 0) is 13.0 Å². The van der Waals surface area contributed by atoms with Gasteiger partial charge in [-0.3, -0.25) is 4.79 Å². The molecule has 0 radical (unpaired) electrons. The average molecular weight is 374 g/mol. The van der Waals surface area contributed by atoms with Gasteiger partial charge in [-0.15, -0.1) is 11.3 Å².